The van der Waals surface area contributed by atoms with Crippen molar-refractivity contribution in [2.24, 2.45) is 0 Å². The Hall–Kier alpha value is -1.67. The lowest BCUT2D eigenvalue weighted by Crippen LogP contribution is -2.32. The zero-order valence-electron chi connectivity index (χ0n) is 13.8. The molecule has 0 spiro atoms. The molecule has 2 rings (SSSR count). The average molecular weight is 361 g/mol. The third kappa shape index (κ3) is 6.45. The van der Waals surface area contributed by atoms with Crippen LogP contribution >= 0.6 is 0 Å². The van der Waals surface area contributed by atoms with Crippen molar-refractivity contribution in [3.63, 3.8) is 0 Å². The standard InChI is InChI=1S/C16H20NOS.BF4/c1-14-9-7-8-12-16(14)19(18,17(2)3)13-15-10-5-4-6-11-15;2-1(3,4)5/h4-12H,13H2,1-3H3;/q+1;-1. The second kappa shape index (κ2) is 8.44. The van der Waals surface area contributed by atoms with Crippen LogP contribution in [0.3, 0.4) is 0 Å². The molecule has 0 saturated heterocycles. The zero-order chi connectivity index (χ0) is 18.4. The van der Waals surface area contributed by atoms with E-state index in [1.807, 2.05) is 79.9 Å². The zero-order valence-corrected chi connectivity index (χ0v) is 14.6. The van der Waals surface area contributed by atoms with Gasteiger partial charge in [-0.2, -0.15) is 0 Å². The first-order valence-electron chi connectivity index (χ1n) is 7.20. The molecule has 8 heteroatoms. The monoisotopic (exact) mass is 361 g/mol. The number of aryl methyl sites for hydroxylation is 1. The molecule has 0 amide bonds. The van der Waals surface area contributed by atoms with E-state index < -0.39 is 17.4 Å². The smallest absolute Gasteiger partial charge is 0.418 e. The minimum Gasteiger partial charge on any atom is -0.418 e. The number of hydrogen-bond acceptors (Lipinski definition) is 1. The van der Waals surface area contributed by atoms with Crippen molar-refractivity contribution in [2.45, 2.75) is 17.6 Å². The molecular formula is C16H20BF4NOS. The van der Waals surface area contributed by atoms with Gasteiger partial charge in [-0.05, 0) is 13.0 Å². The molecule has 2 nitrogen and oxygen atoms in total. The van der Waals surface area contributed by atoms with Crippen LogP contribution in [0.5, 0.6) is 0 Å². The van der Waals surface area contributed by atoms with Gasteiger partial charge in [0.1, 0.15) is 0 Å². The van der Waals surface area contributed by atoms with Crippen molar-refractivity contribution in [3.8, 4) is 0 Å². The normalized spacial score (nSPS) is 13.8. The van der Waals surface area contributed by atoms with Crippen molar-refractivity contribution in [1.82, 2.24) is 4.31 Å². The van der Waals surface area contributed by atoms with Crippen LogP contribution in [0.4, 0.5) is 17.3 Å². The summed E-state index contributed by atoms with van der Waals surface area (Å²) in [6, 6.07) is 17.9. The molecular weight excluding hydrogens is 341 g/mol. The highest BCUT2D eigenvalue weighted by Gasteiger charge is 2.36. The van der Waals surface area contributed by atoms with Crippen LogP contribution in [0.2, 0.25) is 0 Å². The number of rotatable bonds is 4. The topological polar surface area (TPSA) is 20.3 Å². The fourth-order valence-electron chi connectivity index (χ4n) is 2.12. The third-order valence-electron chi connectivity index (χ3n) is 3.23. The third-order valence-corrected chi connectivity index (χ3v) is 6.28. The first kappa shape index (κ1) is 20.4. The van der Waals surface area contributed by atoms with Crippen LogP contribution in [0.15, 0.2) is 59.5 Å². The SMILES string of the molecule is Cc1ccccc1[S+](=O)(Cc1ccccc1)N(C)C.F[B-](F)(F)F. The lowest BCUT2D eigenvalue weighted by Gasteiger charge is -2.19. The fourth-order valence-corrected chi connectivity index (χ4v) is 4.43. The molecule has 2 aromatic rings. The van der Waals surface area contributed by atoms with E-state index in [1.165, 1.54) is 0 Å². The molecule has 0 N–H and O–H groups in total. The highest BCUT2D eigenvalue weighted by atomic mass is 32.3. The minimum absolute atomic E-state index is 0.547. The number of halogens is 4. The molecule has 2 aromatic carbocycles. The number of benzene rings is 2. The molecule has 0 aliphatic heterocycles. The van der Waals surface area contributed by atoms with E-state index in [1.54, 1.807) is 0 Å². The van der Waals surface area contributed by atoms with E-state index in [2.05, 4.69) is 0 Å². The van der Waals surface area contributed by atoms with Gasteiger partial charge in [-0.1, -0.05) is 52.7 Å². The Kier molecular flexibility index (Phi) is 7.17. The summed E-state index contributed by atoms with van der Waals surface area (Å²) in [4.78, 5) is 0.934. The Labute approximate surface area is 141 Å². The fraction of sp³-hybridized carbons (Fsp3) is 0.250. The van der Waals surface area contributed by atoms with Crippen LogP contribution in [0.1, 0.15) is 11.1 Å². The molecule has 0 aliphatic carbocycles. The minimum atomic E-state index is -6.00. The van der Waals surface area contributed by atoms with E-state index >= 15 is 0 Å². The molecule has 1 unspecified atom stereocenters. The predicted octanol–water partition coefficient (Wildman–Crippen LogP) is 4.83. The van der Waals surface area contributed by atoms with Crippen molar-refractivity contribution in [1.29, 1.82) is 0 Å². The van der Waals surface area contributed by atoms with E-state index in [4.69, 9.17) is 0 Å². The summed E-state index contributed by atoms with van der Waals surface area (Å²) in [5.74, 6) is 0.547. The van der Waals surface area contributed by atoms with Crippen LogP contribution in [0.25, 0.3) is 0 Å². The van der Waals surface area contributed by atoms with Gasteiger partial charge in [0.25, 0.3) is 0 Å². The van der Waals surface area contributed by atoms with Gasteiger partial charge in [-0.25, -0.2) is 0 Å². The van der Waals surface area contributed by atoms with Gasteiger partial charge in [-0.3, -0.25) is 0 Å². The maximum absolute atomic E-state index is 13.4. The first-order chi connectivity index (χ1) is 11.0. The van der Waals surface area contributed by atoms with Gasteiger partial charge in [0.05, 0.1) is 0 Å². The molecule has 0 heterocycles. The molecule has 24 heavy (non-hydrogen) atoms. The van der Waals surface area contributed by atoms with Crippen LogP contribution in [-0.2, 0) is 20.1 Å². The number of hydrogen-bond donors (Lipinski definition) is 0. The van der Waals surface area contributed by atoms with Crippen molar-refractivity contribution < 1.29 is 21.5 Å². The summed E-state index contributed by atoms with van der Waals surface area (Å²) in [5, 5.41) is 0. The lowest BCUT2D eigenvalue weighted by molar-refractivity contribution is 0.368. The van der Waals surface area contributed by atoms with Gasteiger partial charge in [0.2, 0.25) is 0 Å². The maximum Gasteiger partial charge on any atom is 0.673 e. The molecule has 0 saturated carbocycles. The summed E-state index contributed by atoms with van der Waals surface area (Å²) < 4.78 is 54.3. The van der Waals surface area contributed by atoms with Crippen molar-refractivity contribution >= 4 is 17.4 Å². The summed E-state index contributed by atoms with van der Waals surface area (Å²) in [7, 11) is -4.46. The molecule has 1 atom stereocenters. The first-order valence-corrected chi connectivity index (χ1v) is 8.89. The maximum atomic E-state index is 13.4. The summed E-state index contributed by atoms with van der Waals surface area (Å²) in [6.07, 6.45) is 0. The summed E-state index contributed by atoms with van der Waals surface area (Å²) >= 11 is 0. The quantitative estimate of drug-likeness (QED) is 0.434. The van der Waals surface area contributed by atoms with Crippen LogP contribution in [-0.4, -0.2) is 25.7 Å². The molecule has 132 valence electrons. The Morgan fingerprint density at radius 1 is 0.917 bits per heavy atom. The van der Waals surface area contributed by atoms with E-state index in [0.717, 1.165) is 16.0 Å². The molecule has 0 aliphatic rings. The average Bonchev–Trinajstić information content (AvgIpc) is 2.46. The van der Waals surface area contributed by atoms with E-state index in [0.29, 0.717) is 5.75 Å². The lowest BCUT2D eigenvalue weighted by atomic mass is 10.2. The van der Waals surface area contributed by atoms with E-state index in [9.17, 15) is 21.5 Å². The highest BCUT2D eigenvalue weighted by Crippen LogP contribution is 2.28. The van der Waals surface area contributed by atoms with Gasteiger partial charge in [0.15, 0.2) is 20.8 Å². The van der Waals surface area contributed by atoms with Gasteiger partial charge in [0, 0.05) is 25.2 Å². The molecule has 0 aromatic heterocycles. The van der Waals surface area contributed by atoms with Gasteiger partial charge in [-0.15, -0.1) is 4.31 Å². The van der Waals surface area contributed by atoms with Crippen LogP contribution in [0, 0.1) is 6.92 Å². The second-order valence-electron chi connectivity index (χ2n) is 5.34. The Balaban J connectivity index is 0.000000505. The van der Waals surface area contributed by atoms with Crippen molar-refractivity contribution in [3.05, 3.63) is 65.7 Å². The Morgan fingerprint density at radius 3 is 1.83 bits per heavy atom. The number of nitrogens with zero attached hydrogens (tertiary/aromatic N) is 1. The summed E-state index contributed by atoms with van der Waals surface area (Å²) in [5.41, 5.74) is 2.18. The van der Waals surface area contributed by atoms with Gasteiger partial charge >= 0.3 is 7.25 Å². The van der Waals surface area contributed by atoms with E-state index in [-0.39, 0.29) is 0 Å². The van der Waals surface area contributed by atoms with Crippen molar-refractivity contribution in [2.75, 3.05) is 14.1 Å². The van der Waals surface area contributed by atoms with Crippen LogP contribution < -0.4 is 0 Å². The molecule has 0 fully saturated rings. The molecule has 0 radical (unpaired) electrons. The predicted molar refractivity (Wildman–Crippen MR) is 91.5 cm³/mol. The Morgan fingerprint density at radius 2 is 1.38 bits per heavy atom. The highest BCUT2D eigenvalue weighted by molar-refractivity contribution is 8.00. The Bertz CT molecular complexity index is 686. The largest absolute Gasteiger partial charge is 0.673 e. The second-order valence-corrected chi connectivity index (χ2v) is 8.08. The molecule has 0 bridgehead atoms. The summed E-state index contributed by atoms with van der Waals surface area (Å²) in [6.45, 7) is 2.02. The van der Waals surface area contributed by atoms with Gasteiger partial charge < -0.3 is 17.3 Å².